The van der Waals surface area contributed by atoms with E-state index in [0.717, 1.165) is 41.5 Å². The molecule has 0 bridgehead atoms. The first-order valence-electron chi connectivity index (χ1n) is 12.4. The second-order valence-electron chi connectivity index (χ2n) is 10.3. The number of ether oxygens (including phenoxy) is 4. The molecule has 190 valence electrons. The van der Waals surface area contributed by atoms with Crippen LogP contribution in [0, 0.1) is 5.92 Å². The molecule has 1 heterocycles. The largest absolute Gasteiger partial charge is 0.490 e. The number of amides is 1. The van der Waals surface area contributed by atoms with E-state index in [2.05, 4.69) is 17.4 Å². The molecule has 0 radical (unpaired) electrons. The lowest BCUT2D eigenvalue weighted by atomic mass is 9.83. The fourth-order valence-electron chi connectivity index (χ4n) is 4.80. The fourth-order valence-corrected chi connectivity index (χ4v) is 4.80. The van der Waals surface area contributed by atoms with Crippen LogP contribution < -0.4 is 10.1 Å². The maximum absolute atomic E-state index is 11.6. The molecule has 0 aromatic heterocycles. The molecule has 0 spiro atoms. The molecule has 36 heavy (non-hydrogen) atoms. The molecule has 0 atom stereocenters. The summed E-state index contributed by atoms with van der Waals surface area (Å²) in [6.45, 7) is 5.43. The van der Waals surface area contributed by atoms with Gasteiger partial charge in [-0.15, -0.1) is 0 Å². The number of hydrogen-bond acceptors (Lipinski definition) is 5. The summed E-state index contributed by atoms with van der Waals surface area (Å²) in [7, 11) is 0. The van der Waals surface area contributed by atoms with Gasteiger partial charge in [-0.05, 0) is 72.7 Å². The van der Waals surface area contributed by atoms with Gasteiger partial charge in [0.1, 0.15) is 11.3 Å². The Morgan fingerprint density at radius 3 is 2.42 bits per heavy atom. The van der Waals surface area contributed by atoms with Crippen LogP contribution in [0.2, 0.25) is 0 Å². The lowest BCUT2D eigenvalue weighted by Crippen LogP contribution is -2.58. The Bertz CT molecular complexity index is 1190. The number of carbonyl (C=O) groups is 1. The zero-order chi connectivity index (χ0) is 25.2. The summed E-state index contributed by atoms with van der Waals surface area (Å²) >= 11 is 0. The third-order valence-electron chi connectivity index (χ3n) is 7.00. The average Bonchev–Trinajstić information content (AvgIpc) is 2.84. The summed E-state index contributed by atoms with van der Waals surface area (Å²) in [4.78, 5) is 11.6. The zero-order valence-electron chi connectivity index (χ0n) is 20.7. The number of rotatable bonds is 8. The molecule has 1 saturated heterocycles. The number of nitrogens with one attached hydrogen (secondary N) is 1. The molecule has 7 heteroatoms. The van der Waals surface area contributed by atoms with Crippen LogP contribution in [0.4, 0.5) is 4.79 Å². The van der Waals surface area contributed by atoms with Crippen LogP contribution in [0.3, 0.4) is 0 Å². The molecule has 7 nitrogen and oxygen atoms in total. The van der Waals surface area contributed by atoms with Gasteiger partial charge in [-0.25, -0.2) is 4.79 Å². The molecule has 1 aliphatic heterocycles. The van der Waals surface area contributed by atoms with Gasteiger partial charge < -0.3 is 29.4 Å². The summed E-state index contributed by atoms with van der Waals surface area (Å²) in [5.74, 6) is 0.624. The quantitative estimate of drug-likeness (QED) is 0.435. The standard InChI is InChI=1S/C29H33NO6/c1-28(2)34-18-29(19-35-28,30-27(31)32)24-10-8-23-15-25(11-9-22(23)14-24)36-26-12-21(13-26)17-33-16-20-6-4-3-5-7-20/h3-11,14-15,21,26,30H,12-13,16-19H2,1-2H3,(H,31,32). The highest BCUT2D eigenvalue weighted by molar-refractivity contribution is 5.85. The Hall–Kier alpha value is -3.13. The zero-order valence-corrected chi connectivity index (χ0v) is 20.7. The van der Waals surface area contributed by atoms with Crippen molar-refractivity contribution < 1.29 is 28.8 Å². The topological polar surface area (TPSA) is 86.3 Å². The van der Waals surface area contributed by atoms with Crippen LogP contribution in [0.1, 0.15) is 37.8 Å². The summed E-state index contributed by atoms with van der Waals surface area (Å²) in [6.07, 6.45) is 1.07. The maximum atomic E-state index is 11.6. The van der Waals surface area contributed by atoms with E-state index in [4.69, 9.17) is 18.9 Å². The Labute approximate surface area is 211 Å². The van der Waals surface area contributed by atoms with Gasteiger partial charge in [-0.3, -0.25) is 0 Å². The van der Waals surface area contributed by atoms with Crippen molar-refractivity contribution in [3.05, 3.63) is 77.9 Å². The minimum atomic E-state index is -1.12. The van der Waals surface area contributed by atoms with Gasteiger partial charge in [0.25, 0.3) is 0 Å². The number of fused-ring (bicyclic) bond motifs is 1. The maximum Gasteiger partial charge on any atom is 0.405 e. The van der Waals surface area contributed by atoms with E-state index >= 15 is 0 Å². The van der Waals surface area contributed by atoms with Crippen LogP contribution >= 0.6 is 0 Å². The monoisotopic (exact) mass is 491 g/mol. The number of hydrogen-bond donors (Lipinski definition) is 2. The van der Waals surface area contributed by atoms with Crippen molar-refractivity contribution in [3.63, 3.8) is 0 Å². The molecule has 2 fully saturated rings. The second-order valence-corrected chi connectivity index (χ2v) is 10.3. The smallest absolute Gasteiger partial charge is 0.405 e. The molecule has 1 amide bonds. The molecule has 1 aliphatic carbocycles. The van der Waals surface area contributed by atoms with E-state index in [1.54, 1.807) is 0 Å². The van der Waals surface area contributed by atoms with Gasteiger partial charge >= 0.3 is 6.09 Å². The second kappa shape index (κ2) is 10.1. The van der Waals surface area contributed by atoms with Crippen LogP contribution in [0.15, 0.2) is 66.7 Å². The van der Waals surface area contributed by atoms with E-state index in [-0.39, 0.29) is 19.3 Å². The normalized spacial score (nSPS) is 22.5. The van der Waals surface area contributed by atoms with Gasteiger partial charge in [0, 0.05) is 0 Å². The lowest BCUT2D eigenvalue weighted by Gasteiger charge is -2.43. The highest BCUT2D eigenvalue weighted by Gasteiger charge is 2.43. The van der Waals surface area contributed by atoms with Crippen molar-refractivity contribution in [1.82, 2.24) is 5.32 Å². The van der Waals surface area contributed by atoms with Crippen LogP contribution in [0.5, 0.6) is 5.75 Å². The highest BCUT2D eigenvalue weighted by atomic mass is 16.7. The van der Waals surface area contributed by atoms with Gasteiger partial charge in [-0.2, -0.15) is 0 Å². The Kier molecular flexibility index (Phi) is 6.88. The van der Waals surface area contributed by atoms with Crippen molar-refractivity contribution >= 4 is 16.9 Å². The van der Waals surface area contributed by atoms with Crippen LogP contribution in [0.25, 0.3) is 10.8 Å². The van der Waals surface area contributed by atoms with Gasteiger partial charge in [-0.1, -0.05) is 48.5 Å². The van der Waals surface area contributed by atoms with Gasteiger partial charge in [0.05, 0.1) is 32.5 Å². The molecule has 2 aliphatic rings. The molecule has 3 aromatic rings. The first-order valence-corrected chi connectivity index (χ1v) is 12.4. The minimum absolute atomic E-state index is 0.191. The molecule has 0 unspecified atom stereocenters. The van der Waals surface area contributed by atoms with Gasteiger partial charge in [0.2, 0.25) is 0 Å². The predicted molar refractivity (Wildman–Crippen MR) is 136 cm³/mol. The summed E-state index contributed by atoms with van der Waals surface area (Å²) in [6, 6.07) is 22.1. The van der Waals surface area contributed by atoms with Crippen LogP contribution in [-0.2, 0) is 26.4 Å². The van der Waals surface area contributed by atoms with Crippen molar-refractivity contribution in [2.45, 2.75) is 50.7 Å². The molecule has 2 N–H and O–H groups in total. The Balaban J connectivity index is 1.18. The van der Waals surface area contributed by atoms with Crippen molar-refractivity contribution in [1.29, 1.82) is 0 Å². The average molecular weight is 492 g/mol. The van der Waals surface area contributed by atoms with E-state index in [0.29, 0.717) is 12.5 Å². The Morgan fingerprint density at radius 1 is 1.00 bits per heavy atom. The summed E-state index contributed by atoms with van der Waals surface area (Å²) < 4.78 is 23.7. The minimum Gasteiger partial charge on any atom is -0.490 e. The van der Waals surface area contributed by atoms with E-state index in [1.807, 2.05) is 68.4 Å². The molecule has 1 saturated carbocycles. The van der Waals surface area contributed by atoms with E-state index in [1.165, 1.54) is 5.56 Å². The molecular weight excluding hydrogens is 458 g/mol. The molecule has 3 aromatic carbocycles. The first kappa shape index (κ1) is 24.6. The fraction of sp³-hybridized carbons (Fsp3) is 0.414. The molecular formula is C29H33NO6. The Morgan fingerprint density at radius 2 is 1.69 bits per heavy atom. The van der Waals surface area contributed by atoms with Crippen molar-refractivity contribution in [2.24, 2.45) is 5.92 Å². The predicted octanol–water partition coefficient (Wildman–Crippen LogP) is 5.46. The lowest BCUT2D eigenvalue weighted by molar-refractivity contribution is -0.272. The van der Waals surface area contributed by atoms with Crippen LogP contribution in [-0.4, -0.2) is 42.9 Å². The van der Waals surface area contributed by atoms with Crippen molar-refractivity contribution in [3.8, 4) is 5.75 Å². The van der Waals surface area contributed by atoms with E-state index in [9.17, 15) is 9.90 Å². The SMILES string of the molecule is CC1(C)OCC(NC(=O)O)(c2ccc3cc(OC4CC(COCc5ccccc5)C4)ccc3c2)CO1. The first-order chi connectivity index (χ1) is 17.3. The molecule has 5 rings (SSSR count). The third kappa shape index (κ3) is 5.64. The number of carboxylic acid groups (broad SMARTS) is 1. The summed E-state index contributed by atoms with van der Waals surface area (Å²) in [5, 5.41) is 14.1. The number of benzene rings is 3. The van der Waals surface area contributed by atoms with Crippen molar-refractivity contribution in [2.75, 3.05) is 19.8 Å². The van der Waals surface area contributed by atoms with E-state index < -0.39 is 17.4 Å². The third-order valence-corrected chi connectivity index (χ3v) is 7.00. The van der Waals surface area contributed by atoms with Gasteiger partial charge in [0.15, 0.2) is 5.79 Å². The highest BCUT2D eigenvalue weighted by Crippen LogP contribution is 2.35. The summed E-state index contributed by atoms with van der Waals surface area (Å²) in [5.41, 5.74) is 1.04.